The van der Waals surface area contributed by atoms with Crippen molar-refractivity contribution in [1.29, 1.82) is 0 Å². The van der Waals surface area contributed by atoms with Gasteiger partial charge in [0.1, 0.15) is 5.65 Å². The summed E-state index contributed by atoms with van der Waals surface area (Å²) in [7, 11) is 0. The van der Waals surface area contributed by atoms with Crippen molar-refractivity contribution in [2.75, 3.05) is 13.1 Å². The van der Waals surface area contributed by atoms with Crippen LogP contribution in [0, 0.1) is 17.8 Å². The lowest BCUT2D eigenvalue weighted by molar-refractivity contribution is -0.124. The second-order valence-electron chi connectivity index (χ2n) is 7.86. The van der Waals surface area contributed by atoms with Gasteiger partial charge < -0.3 is 15.0 Å². The van der Waals surface area contributed by atoms with Crippen molar-refractivity contribution >= 4 is 22.3 Å². The van der Waals surface area contributed by atoms with Crippen molar-refractivity contribution in [3.8, 4) is 0 Å². The molecule has 0 bridgehead atoms. The van der Waals surface area contributed by atoms with Crippen molar-refractivity contribution in [2.45, 2.75) is 19.4 Å². The standard InChI is InChI=1S/C20H22N4O/c1-20(2,23-19(25)17-14-10-21-11-15(14)17)18-13-6-4-3-5-12(13)9-16-22-7-8-24(16)18/h3-9,14-15,17,21H,10-11H2,1-2H3,(H,23,25)/t14-,15+,17+. The van der Waals surface area contributed by atoms with Crippen LogP contribution in [0.1, 0.15) is 19.5 Å². The van der Waals surface area contributed by atoms with Crippen molar-refractivity contribution in [1.82, 2.24) is 20.0 Å². The van der Waals surface area contributed by atoms with Crippen LogP contribution in [0.15, 0.2) is 42.7 Å². The number of pyridine rings is 1. The highest BCUT2D eigenvalue weighted by Gasteiger charge is 2.57. The van der Waals surface area contributed by atoms with Gasteiger partial charge in [0.05, 0.1) is 11.2 Å². The lowest BCUT2D eigenvalue weighted by Crippen LogP contribution is -2.44. The number of nitrogens with one attached hydrogen (secondary N) is 2. The predicted molar refractivity (Wildman–Crippen MR) is 97.2 cm³/mol. The van der Waals surface area contributed by atoms with E-state index >= 15 is 0 Å². The Kier molecular flexibility index (Phi) is 3.01. The minimum Gasteiger partial charge on any atom is -0.345 e. The normalized spacial score (nSPS) is 25.3. The molecule has 5 heteroatoms. The van der Waals surface area contributed by atoms with Gasteiger partial charge in [-0.25, -0.2) is 4.98 Å². The molecule has 1 aromatic carbocycles. The number of piperidine rings is 1. The second-order valence-corrected chi connectivity index (χ2v) is 7.86. The van der Waals surface area contributed by atoms with Gasteiger partial charge in [0.2, 0.25) is 5.91 Å². The van der Waals surface area contributed by atoms with E-state index in [1.807, 2.05) is 24.5 Å². The molecule has 0 radical (unpaired) electrons. The fraction of sp³-hybridized carbons (Fsp3) is 0.400. The summed E-state index contributed by atoms with van der Waals surface area (Å²) in [6.45, 7) is 6.12. The quantitative estimate of drug-likeness (QED) is 0.773. The maximum atomic E-state index is 12.9. The predicted octanol–water partition coefficient (Wildman–Crippen LogP) is 2.30. The lowest BCUT2D eigenvalue weighted by Gasteiger charge is -2.29. The van der Waals surface area contributed by atoms with Gasteiger partial charge in [0.15, 0.2) is 0 Å². The van der Waals surface area contributed by atoms with E-state index in [9.17, 15) is 4.79 Å². The number of aromatic nitrogens is 2. The van der Waals surface area contributed by atoms with E-state index < -0.39 is 5.54 Å². The third kappa shape index (κ3) is 2.19. The van der Waals surface area contributed by atoms with E-state index in [4.69, 9.17) is 0 Å². The van der Waals surface area contributed by atoms with Gasteiger partial charge >= 0.3 is 0 Å². The average Bonchev–Trinajstić information content (AvgIpc) is 2.92. The number of fused-ring (bicyclic) bond motifs is 3. The fourth-order valence-electron chi connectivity index (χ4n) is 4.61. The molecular formula is C20H22N4O. The van der Waals surface area contributed by atoms with Crippen LogP contribution in [-0.4, -0.2) is 28.4 Å². The van der Waals surface area contributed by atoms with Crippen LogP contribution in [0.4, 0.5) is 0 Å². The summed E-state index contributed by atoms with van der Waals surface area (Å²) >= 11 is 0. The number of carbonyl (C=O) groups is 1. The number of amides is 1. The zero-order valence-electron chi connectivity index (χ0n) is 14.5. The van der Waals surface area contributed by atoms with Crippen LogP contribution in [-0.2, 0) is 10.3 Å². The number of carbonyl (C=O) groups excluding carboxylic acids is 1. The van der Waals surface area contributed by atoms with Crippen molar-refractivity contribution < 1.29 is 4.79 Å². The smallest absolute Gasteiger partial charge is 0.224 e. The van der Waals surface area contributed by atoms with Crippen LogP contribution in [0.25, 0.3) is 16.4 Å². The Labute approximate surface area is 146 Å². The minimum absolute atomic E-state index is 0.175. The zero-order chi connectivity index (χ0) is 17.2. The molecule has 3 aromatic rings. The van der Waals surface area contributed by atoms with E-state index in [2.05, 4.69) is 52.1 Å². The highest BCUT2D eigenvalue weighted by molar-refractivity contribution is 5.90. The first-order valence-corrected chi connectivity index (χ1v) is 8.94. The lowest BCUT2D eigenvalue weighted by atomic mass is 9.93. The molecule has 1 aliphatic carbocycles. The summed E-state index contributed by atoms with van der Waals surface area (Å²) < 4.78 is 2.10. The molecule has 1 saturated carbocycles. The first-order valence-electron chi connectivity index (χ1n) is 8.94. The largest absolute Gasteiger partial charge is 0.345 e. The Morgan fingerprint density at radius 3 is 2.84 bits per heavy atom. The fourth-order valence-corrected chi connectivity index (χ4v) is 4.61. The molecule has 0 spiro atoms. The summed E-state index contributed by atoms with van der Waals surface area (Å²) in [5.41, 5.74) is 1.50. The monoisotopic (exact) mass is 334 g/mol. The van der Waals surface area contributed by atoms with Gasteiger partial charge in [-0.2, -0.15) is 0 Å². The highest BCUT2D eigenvalue weighted by atomic mass is 16.2. The average molecular weight is 334 g/mol. The number of benzene rings is 1. The Balaban J connectivity index is 1.58. The molecule has 2 fully saturated rings. The van der Waals surface area contributed by atoms with E-state index in [0.717, 1.165) is 35.2 Å². The Morgan fingerprint density at radius 2 is 2.04 bits per heavy atom. The molecule has 5 rings (SSSR count). The van der Waals surface area contributed by atoms with Gasteiger partial charge in [-0.05, 0) is 50.2 Å². The molecule has 2 N–H and O–H groups in total. The molecule has 2 aromatic heterocycles. The zero-order valence-corrected chi connectivity index (χ0v) is 14.5. The third-order valence-corrected chi connectivity index (χ3v) is 5.83. The molecule has 25 heavy (non-hydrogen) atoms. The maximum absolute atomic E-state index is 12.9. The second kappa shape index (κ2) is 5.05. The molecule has 1 aliphatic heterocycles. The number of hydrogen-bond donors (Lipinski definition) is 2. The Morgan fingerprint density at radius 1 is 1.28 bits per heavy atom. The first kappa shape index (κ1) is 14.9. The topological polar surface area (TPSA) is 58.4 Å². The summed E-state index contributed by atoms with van der Waals surface area (Å²) in [5, 5.41) is 8.97. The van der Waals surface area contributed by atoms with Crippen LogP contribution in [0.5, 0.6) is 0 Å². The third-order valence-electron chi connectivity index (χ3n) is 5.83. The molecule has 1 amide bonds. The van der Waals surface area contributed by atoms with Gasteiger partial charge in [0.25, 0.3) is 0 Å². The minimum atomic E-state index is -0.485. The molecule has 3 atom stereocenters. The number of nitrogens with zero attached hydrogens (tertiary/aromatic N) is 2. The van der Waals surface area contributed by atoms with Crippen molar-refractivity contribution in [3.63, 3.8) is 0 Å². The molecular weight excluding hydrogens is 312 g/mol. The maximum Gasteiger partial charge on any atom is 0.224 e. The molecule has 128 valence electrons. The van der Waals surface area contributed by atoms with Gasteiger partial charge in [-0.15, -0.1) is 0 Å². The van der Waals surface area contributed by atoms with Crippen LogP contribution < -0.4 is 10.6 Å². The summed E-state index contributed by atoms with van der Waals surface area (Å²) in [5.74, 6) is 1.41. The van der Waals surface area contributed by atoms with E-state index in [-0.39, 0.29) is 11.8 Å². The van der Waals surface area contributed by atoms with Crippen molar-refractivity contribution in [2.24, 2.45) is 17.8 Å². The molecule has 5 nitrogen and oxygen atoms in total. The van der Waals surface area contributed by atoms with Gasteiger partial charge in [0, 0.05) is 23.7 Å². The molecule has 3 heterocycles. The molecule has 0 unspecified atom stereocenters. The first-order chi connectivity index (χ1) is 12.1. The van der Waals surface area contributed by atoms with Crippen LogP contribution in [0.3, 0.4) is 0 Å². The summed E-state index contributed by atoms with van der Waals surface area (Å²) in [6.07, 6.45) is 3.79. The number of imidazole rings is 1. The Hall–Kier alpha value is -2.40. The summed E-state index contributed by atoms with van der Waals surface area (Å²) in [4.78, 5) is 17.3. The highest BCUT2D eigenvalue weighted by Crippen LogP contribution is 2.49. The SMILES string of the molecule is CC(C)(NC(=O)[C@H]1[C@@H]2CNC[C@@H]21)c1c2ccccc2cc2nccn12. The van der Waals surface area contributed by atoms with E-state index in [0.29, 0.717) is 11.8 Å². The van der Waals surface area contributed by atoms with Gasteiger partial charge in [-0.3, -0.25) is 4.79 Å². The number of hydrogen-bond acceptors (Lipinski definition) is 3. The van der Waals surface area contributed by atoms with Gasteiger partial charge in [-0.1, -0.05) is 24.3 Å². The van der Waals surface area contributed by atoms with Crippen molar-refractivity contribution in [3.05, 3.63) is 48.4 Å². The Bertz CT molecular complexity index is 980. The van der Waals surface area contributed by atoms with E-state index in [1.165, 1.54) is 0 Å². The molecule has 2 aliphatic rings. The van der Waals surface area contributed by atoms with E-state index in [1.54, 1.807) is 0 Å². The number of rotatable bonds is 3. The molecule has 1 saturated heterocycles. The summed E-state index contributed by atoms with van der Waals surface area (Å²) in [6, 6.07) is 10.4. The van der Waals surface area contributed by atoms with Crippen LogP contribution in [0.2, 0.25) is 0 Å². The van der Waals surface area contributed by atoms with Crippen LogP contribution >= 0.6 is 0 Å².